The Bertz CT molecular complexity index is 547. The molecule has 23 heavy (non-hydrogen) atoms. The SMILES string of the molecule is CCCN(Cc1ccc(-n2ccnc2)cc1)C1CCNCC1.Cl. The van der Waals surface area contributed by atoms with Crippen LogP contribution in [0.2, 0.25) is 0 Å². The van der Waals surface area contributed by atoms with E-state index in [9.17, 15) is 0 Å². The molecule has 1 aromatic heterocycles. The summed E-state index contributed by atoms with van der Waals surface area (Å²) in [5.74, 6) is 0. The normalized spacial score (nSPS) is 15.6. The third kappa shape index (κ3) is 4.80. The highest BCUT2D eigenvalue weighted by molar-refractivity contribution is 5.85. The van der Waals surface area contributed by atoms with Gasteiger partial charge in [-0.15, -0.1) is 12.4 Å². The molecular weight excluding hydrogens is 308 g/mol. The van der Waals surface area contributed by atoms with Crippen molar-refractivity contribution in [1.29, 1.82) is 0 Å². The highest BCUT2D eigenvalue weighted by atomic mass is 35.5. The van der Waals surface area contributed by atoms with Crippen LogP contribution in [-0.4, -0.2) is 40.1 Å². The Morgan fingerprint density at radius 1 is 1.22 bits per heavy atom. The molecule has 0 bridgehead atoms. The molecular formula is C18H27ClN4. The van der Waals surface area contributed by atoms with E-state index in [2.05, 4.69) is 46.4 Å². The van der Waals surface area contributed by atoms with Crippen LogP contribution in [0.3, 0.4) is 0 Å². The molecule has 1 saturated heterocycles. The fourth-order valence-electron chi connectivity index (χ4n) is 3.27. The standard InChI is InChI=1S/C18H26N4.ClH/c1-2-12-21(18-7-9-19-10-8-18)14-16-3-5-17(6-4-16)22-13-11-20-15-22;/h3-6,11,13,15,18-19H,2,7-10,12,14H2,1H3;1H. The van der Waals surface area contributed by atoms with E-state index in [-0.39, 0.29) is 12.4 Å². The van der Waals surface area contributed by atoms with Crippen molar-refractivity contribution in [3.05, 3.63) is 48.5 Å². The Labute approximate surface area is 145 Å². The number of benzene rings is 1. The molecule has 0 amide bonds. The van der Waals surface area contributed by atoms with Gasteiger partial charge in [-0.1, -0.05) is 19.1 Å². The molecule has 3 rings (SSSR count). The van der Waals surface area contributed by atoms with E-state index in [4.69, 9.17) is 0 Å². The molecule has 126 valence electrons. The van der Waals surface area contributed by atoms with E-state index in [1.54, 1.807) is 0 Å². The summed E-state index contributed by atoms with van der Waals surface area (Å²) in [6, 6.07) is 9.60. The van der Waals surface area contributed by atoms with Crippen LogP contribution in [-0.2, 0) is 6.54 Å². The lowest BCUT2D eigenvalue weighted by atomic mass is 10.0. The van der Waals surface area contributed by atoms with Gasteiger partial charge >= 0.3 is 0 Å². The number of halogens is 1. The minimum absolute atomic E-state index is 0. The number of aromatic nitrogens is 2. The van der Waals surface area contributed by atoms with E-state index in [0.29, 0.717) is 0 Å². The zero-order valence-corrected chi connectivity index (χ0v) is 14.6. The molecule has 1 aromatic carbocycles. The molecule has 1 N–H and O–H groups in total. The average Bonchev–Trinajstić information content (AvgIpc) is 3.10. The van der Waals surface area contributed by atoms with Crippen molar-refractivity contribution in [1.82, 2.24) is 19.8 Å². The lowest BCUT2D eigenvalue weighted by Crippen LogP contribution is -2.43. The fraction of sp³-hybridized carbons (Fsp3) is 0.500. The van der Waals surface area contributed by atoms with Gasteiger partial charge in [0.15, 0.2) is 0 Å². The van der Waals surface area contributed by atoms with Crippen LogP contribution in [0.5, 0.6) is 0 Å². The summed E-state index contributed by atoms with van der Waals surface area (Å²) < 4.78 is 2.04. The maximum Gasteiger partial charge on any atom is 0.0991 e. The van der Waals surface area contributed by atoms with Crippen LogP contribution in [0, 0.1) is 0 Å². The summed E-state index contributed by atoms with van der Waals surface area (Å²) in [5.41, 5.74) is 2.57. The molecule has 2 aromatic rings. The zero-order chi connectivity index (χ0) is 15.2. The van der Waals surface area contributed by atoms with E-state index < -0.39 is 0 Å². The highest BCUT2D eigenvalue weighted by Gasteiger charge is 2.20. The topological polar surface area (TPSA) is 33.1 Å². The predicted octanol–water partition coefficient (Wildman–Crippen LogP) is 3.26. The van der Waals surface area contributed by atoms with E-state index in [1.807, 2.05) is 23.3 Å². The molecule has 2 heterocycles. The second-order valence-corrected chi connectivity index (χ2v) is 6.09. The maximum atomic E-state index is 4.10. The second-order valence-electron chi connectivity index (χ2n) is 6.09. The molecule has 0 aliphatic carbocycles. The van der Waals surface area contributed by atoms with Gasteiger partial charge in [0.05, 0.1) is 6.33 Å². The Morgan fingerprint density at radius 2 is 1.96 bits per heavy atom. The molecule has 4 nitrogen and oxygen atoms in total. The smallest absolute Gasteiger partial charge is 0.0991 e. The van der Waals surface area contributed by atoms with Crippen LogP contribution in [0.25, 0.3) is 5.69 Å². The van der Waals surface area contributed by atoms with Gasteiger partial charge in [0.1, 0.15) is 0 Å². The first-order chi connectivity index (χ1) is 10.9. The number of nitrogens with zero attached hydrogens (tertiary/aromatic N) is 3. The van der Waals surface area contributed by atoms with Gasteiger partial charge in [-0.2, -0.15) is 0 Å². The van der Waals surface area contributed by atoms with Crippen molar-refractivity contribution in [2.45, 2.75) is 38.8 Å². The predicted molar refractivity (Wildman–Crippen MR) is 97.4 cm³/mol. The van der Waals surface area contributed by atoms with Crippen molar-refractivity contribution in [2.24, 2.45) is 0 Å². The Hall–Kier alpha value is -1.36. The van der Waals surface area contributed by atoms with Gasteiger partial charge in [-0.25, -0.2) is 4.98 Å². The molecule has 0 unspecified atom stereocenters. The molecule has 5 heteroatoms. The van der Waals surface area contributed by atoms with Crippen molar-refractivity contribution >= 4 is 12.4 Å². The Kier molecular flexibility index (Phi) is 7.09. The van der Waals surface area contributed by atoms with Crippen LogP contribution in [0.4, 0.5) is 0 Å². The summed E-state index contributed by atoms with van der Waals surface area (Å²) in [6.45, 7) is 6.84. The van der Waals surface area contributed by atoms with Crippen molar-refractivity contribution in [3.8, 4) is 5.69 Å². The molecule has 1 fully saturated rings. The minimum atomic E-state index is 0. The van der Waals surface area contributed by atoms with Gasteiger partial charge in [-0.05, 0) is 56.6 Å². The molecule has 1 aliphatic heterocycles. The van der Waals surface area contributed by atoms with Crippen LogP contribution < -0.4 is 5.32 Å². The van der Waals surface area contributed by atoms with Gasteiger partial charge in [0, 0.05) is 30.7 Å². The van der Waals surface area contributed by atoms with E-state index in [0.717, 1.165) is 25.7 Å². The monoisotopic (exact) mass is 334 g/mol. The number of imidazole rings is 1. The van der Waals surface area contributed by atoms with E-state index >= 15 is 0 Å². The van der Waals surface area contributed by atoms with Gasteiger partial charge < -0.3 is 9.88 Å². The van der Waals surface area contributed by atoms with Crippen molar-refractivity contribution in [3.63, 3.8) is 0 Å². The fourth-order valence-corrected chi connectivity index (χ4v) is 3.27. The molecule has 0 spiro atoms. The van der Waals surface area contributed by atoms with Crippen LogP contribution in [0.1, 0.15) is 31.7 Å². The third-order valence-corrected chi connectivity index (χ3v) is 4.46. The summed E-state index contributed by atoms with van der Waals surface area (Å²) >= 11 is 0. The first-order valence-corrected chi connectivity index (χ1v) is 8.39. The summed E-state index contributed by atoms with van der Waals surface area (Å²) in [5, 5.41) is 3.46. The Morgan fingerprint density at radius 3 is 2.57 bits per heavy atom. The summed E-state index contributed by atoms with van der Waals surface area (Å²) in [7, 11) is 0. The lowest BCUT2D eigenvalue weighted by Gasteiger charge is -2.34. The van der Waals surface area contributed by atoms with Crippen molar-refractivity contribution < 1.29 is 0 Å². The molecule has 0 saturated carbocycles. The number of nitrogens with one attached hydrogen (secondary N) is 1. The molecule has 0 atom stereocenters. The highest BCUT2D eigenvalue weighted by Crippen LogP contribution is 2.17. The molecule has 1 aliphatic rings. The first-order valence-electron chi connectivity index (χ1n) is 8.39. The lowest BCUT2D eigenvalue weighted by molar-refractivity contribution is 0.154. The quantitative estimate of drug-likeness (QED) is 0.880. The second kappa shape index (κ2) is 9.06. The Balaban J connectivity index is 0.00000192. The first kappa shape index (κ1) is 18.0. The van der Waals surface area contributed by atoms with Gasteiger partial charge in [0.25, 0.3) is 0 Å². The van der Waals surface area contributed by atoms with Gasteiger partial charge in [-0.3, -0.25) is 4.90 Å². The number of rotatable bonds is 6. The molecule has 0 radical (unpaired) electrons. The number of piperidine rings is 1. The van der Waals surface area contributed by atoms with Gasteiger partial charge in [0.2, 0.25) is 0 Å². The number of hydrogen-bond donors (Lipinski definition) is 1. The minimum Gasteiger partial charge on any atom is -0.317 e. The summed E-state index contributed by atoms with van der Waals surface area (Å²) in [4.78, 5) is 6.76. The average molecular weight is 335 g/mol. The summed E-state index contributed by atoms with van der Waals surface area (Å²) in [6.07, 6.45) is 9.39. The van der Waals surface area contributed by atoms with Crippen molar-refractivity contribution in [2.75, 3.05) is 19.6 Å². The van der Waals surface area contributed by atoms with Crippen LogP contribution in [0.15, 0.2) is 43.0 Å². The van der Waals surface area contributed by atoms with Crippen LogP contribution >= 0.6 is 12.4 Å². The third-order valence-electron chi connectivity index (χ3n) is 4.46. The largest absolute Gasteiger partial charge is 0.317 e. The number of hydrogen-bond acceptors (Lipinski definition) is 3. The zero-order valence-electron chi connectivity index (χ0n) is 13.8. The van der Waals surface area contributed by atoms with E-state index in [1.165, 1.54) is 37.1 Å². The maximum absolute atomic E-state index is 4.10.